The second-order valence-corrected chi connectivity index (χ2v) is 8.65. The van der Waals surface area contributed by atoms with Crippen LogP contribution >= 0.6 is 23.4 Å². The van der Waals surface area contributed by atoms with E-state index < -0.39 is 5.82 Å². The fraction of sp³-hybridized carbons (Fsp3) is 0.174. The quantitative estimate of drug-likeness (QED) is 0.416. The van der Waals surface area contributed by atoms with Crippen LogP contribution in [-0.2, 0) is 7.05 Å². The third kappa shape index (κ3) is 3.64. The summed E-state index contributed by atoms with van der Waals surface area (Å²) in [6, 6.07) is 10.4. The Balaban J connectivity index is 1.88. The number of imidazole rings is 1. The van der Waals surface area contributed by atoms with Crippen LogP contribution in [0.15, 0.2) is 40.4 Å². The van der Waals surface area contributed by atoms with Gasteiger partial charge in [0.2, 0.25) is 0 Å². The summed E-state index contributed by atoms with van der Waals surface area (Å²) in [4.78, 5) is 9.60. The number of halogens is 2. The standard InChI is InChI=1S/C23H19ClFN5OS/c1-11-12(2)30(3)23(28-11)32-20-6-5-13(7-16(20)24)21-14-8-19(31-4)17(25)9-18(14)29-22(27)15(21)10-26/h5-9H,1-4H3,(H2,27,29). The topological polar surface area (TPSA) is 89.8 Å². The minimum absolute atomic E-state index is 0.0214. The van der Waals surface area contributed by atoms with Crippen molar-refractivity contribution in [2.45, 2.75) is 23.9 Å². The number of nitriles is 1. The van der Waals surface area contributed by atoms with E-state index >= 15 is 0 Å². The van der Waals surface area contributed by atoms with Gasteiger partial charge in [-0.25, -0.2) is 14.4 Å². The first kappa shape index (κ1) is 21.9. The molecule has 4 aromatic rings. The van der Waals surface area contributed by atoms with Gasteiger partial charge in [0.1, 0.15) is 17.5 Å². The van der Waals surface area contributed by atoms with Crippen molar-refractivity contribution in [3.8, 4) is 22.9 Å². The van der Waals surface area contributed by atoms with E-state index in [9.17, 15) is 9.65 Å². The SMILES string of the molecule is COc1cc2c(-c3ccc(Sc4nc(C)c(C)n4C)c(Cl)c3)c(C#N)c(N)nc2cc1F. The summed E-state index contributed by atoms with van der Waals surface area (Å²) in [5, 5.41) is 11.6. The average Bonchev–Trinajstić information content (AvgIpc) is 3.00. The molecule has 0 unspecified atom stereocenters. The van der Waals surface area contributed by atoms with Gasteiger partial charge in [0, 0.05) is 34.7 Å². The Bertz CT molecular complexity index is 1430. The monoisotopic (exact) mass is 467 g/mol. The van der Waals surface area contributed by atoms with Gasteiger partial charge in [0.15, 0.2) is 16.7 Å². The third-order valence-corrected chi connectivity index (χ3v) is 6.95. The summed E-state index contributed by atoms with van der Waals surface area (Å²) in [5.74, 6) is -0.492. The Hall–Kier alpha value is -3.28. The molecule has 2 aromatic heterocycles. The van der Waals surface area contributed by atoms with E-state index in [2.05, 4.69) is 16.0 Å². The van der Waals surface area contributed by atoms with Gasteiger partial charge in [-0.1, -0.05) is 29.4 Å². The number of nitrogens with zero attached hydrogens (tertiary/aromatic N) is 4. The normalized spacial score (nSPS) is 11.0. The van der Waals surface area contributed by atoms with Crippen molar-refractivity contribution in [2.75, 3.05) is 12.8 Å². The Morgan fingerprint density at radius 3 is 2.56 bits per heavy atom. The fourth-order valence-corrected chi connectivity index (χ4v) is 4.71. The van der Waals surface area contributed by atoms with E-state index in [-0.39, 0.29) is 17.1 Å². The van der Waals surface area contributed by atoms with Gasteiger partial charge in [0.25, 0.3) is 0 Å². The zero-order valence-electron chi connectivity index (χ0n) is 17.8. The summed E-state index contributed by atoms with van der Waals surface area (Å²) < 4.78 is 21.4. The molecule has 4 rings (SSSR count). The van der Waals surface area contributed by atoms with Crippen LogP contribution in [0.25, 0.3) is 22.0 Å². The van der Waals surface area contributed by atoms with Gasteiger partial charge in [-0.15, -0.1) is 0 Å². The number of benzene rings is 2. The molecule has 0 radical (unpaired) electrons. The molecule has 0 spiro atoms. The van der Waals surface area contributed by atoms with Crippen molar-refractivity contribution >= 4 is 40.1 Å². The molecule has 0 aliphatic heterocycles. The summed E-state index contributed by atoms with van der Waals surface area (Å²) in [6.07, 6.45) is 0. The van der Waals surface area contributed by atoms with Gasteiger partial charge in [-0.3, -0.25) is 0 Å². The molecule has 2 N–H and O–H groups in total. The minimum Gasteiger partial charge on any atom is -0.494 e. The van der Waals surface area contributed by atoms with Crippen LogP contribution in [0.2, 0.25) is 5.02 Å². The molecule has 0 saturated carbocycles. The molecule has 2 aromatic carbocycles. The number of hydrogen-bond donors (Lipinski definition) is 1. The molecule has 162 valence electrons. The Morgan fingerprint density at radius 2 is 1.97 bits per heavy atom. The zero-order valence-corrected chi connectivity index (χ0v) is 19.4. The molecule has 0 atom stereocenters. The number of nitrogen functional groups attached to an aromatic ring is 1. The first-order valence-electron chi connectivity index (χ1n) is 9.59. The Labute approximate surface area is 193 Å². The molecule has 0 aliphatic rings. The van der Waals surface area contributed by atoms with E-state index in [0.717, 1.165) is 21.4 Å². The molecule has 32 heavy (non-hydrogen) atoms. The lowest BCUT2D eigenvalue weighted by Gasteiger charge is -2.14. The molecule has 0 saturated heterocycles. The molecule has 0 amide bonds. The van der Waals surface area contributed by atoms with Crippen LogP contribution in [-0.4, -0.2) is 21.6 Å². The van der Waals surface area contributed by atoms with Crippen LogP contribution in [0.3, 0.4) is 0 Å². The zero-order chi connectivity index (χ0) is 23.2. The van der Waals surface area contributed by atoms with E-state index in [4.69, 9.17) is 22.1 Å². The molecule has 2 heterocycles. The Kier molecular flexibility index (Phi) is 5.71. The van der Waals surface area contributed by atoms with E-state index in [1.165, 1.54) is 31.0 Å². The van der Waals surface area contributed by atoms with Crippen LogP contribution < -0.4 is 10.5 Å². The van der Waals surface area contributed by atoms with Gasteiger partial charge in [-0.2, -0.15) is 5.26 Å². The number of rotatable bonds is 4. The van der Waals surface area contributed by atoms with Gasteiger partial charge < -0.3 is 15.0 Å². The van der Waals surface area contributed by atoms with Crippen LogP contribution in [0, 0.1) is 31.0 Å². The highest BCUT2D eigenvalue weighted by molar-refractivity contribution is 7.99. The number of fused-ring (bicyclic) bond motifs is 1. The number of ether oxygens (including phenoxy) is 1. The lowest BCUT2D eigenvalue weighted by Crippen LogP contribution is -2.00. The Morgan fingerprint density at radius 1 is 1.22 bits per heavy atom. The van der Waals surface area contributed by atoms with Crippen molar-refractivity contribution in [2.24, 2.45) is 7.05 Å². The van der Waals surface area contributed by atoms with Gasteiger partial charge in [-0.05, 0) is 37.6 Å². The molecule has 0 aliphatic carbocycles. The van der Waals surface area contributed by atoms with E-state index in [1.807, 2.05) is 37.6 Å². The van der Waals surface area contributed by atoms with E-state index in [0.29, 0.717) is 27.1 Å². The predicted octanol–water partition coefficient (Wildman–Crippen LogP) is 5.66. The van der Waals surface area contributed by atoms with Crippen LogP contribution in [0.5, 0.6) is 5.75 Å². The first-order valence-corrected chi connectivity index (χ1v) is 10.8. The molecular formula is C23H19ClFN5OS. The molecular weight excluding hydrogens is 449 g/mol. The maximum absolute atomic E-state index is 14.3. The third-order valence-electron chi connectivity index (χ3n) is 5.40. The van der Waals surface area contributed by atoms with Gasteiger partial charge >= 0.3 is 0 Å². The molecule has 0 fully saturated rings. The van der Waals surface area contributed by atoms with Crippen molar-refractivity contribution in [1.29, 1.82) is 5.26 Å². The first-order chi connectivity index (χ1) is 15.2. The smallest absolute Gasteiger partial charge is 0.173 e. The highest BCUT2D eigenvalue weighted by Gasteiger charge is 2.19. The average molecular weight is 468 g/mol. The predicted molar refractivity (Wildman–Crippen MR) is 125 cm³/mol. The van der Waals surface area contributed by atoms with E-state index in [1.54, 1.807) is 6.07 Å². The van der Waals surface area contributed by atoms with Crippen LogP contribution in [0.4, 0.5) is 10.2 Å². The number of methoxy groups -OCH3 is 1. The maximum Gasteiger partial charge on any atom is 0.173 e. The summed E-state index contributed by atoms with van der Waals surface area (Å²) in [7, 11) is 3.33. The second-order valence-electron chi connectivity index (χ2n) is 7.23. The van der Waals surface area contributed by atoms with Crippen LogP contribution in [0.1, 0.15) is 17.0 Å². The number of aromatic nitrogens is 3. The minimum atomic E-state index is -0.562. The van der Waals surface area contributed by atoms with Gasteiger partial charge in [0.05, 0.1) is 23.3 Å². The number of aryl methyl sites for hydroxylation is 1. The lowest BCUT2D eigenvalue weighted by molar-refractivity contribution is 0.387. The van der Waals surface area contributed by atoms with Crippen molar-refractivity contribution in [1.82, 2.24) is 14.5 Å². The number of anilines is 1. The number of pyridine rings is 1. The van der Waals surface area contributed by atoms with Crippen molar-refractivity contribution in [3.63, 3.8) is 0 Å². The number of nitrogens with two attached hydrogens (primary N) is 1. The van der Waals surface area contributed by atoms with Crippen molar-refractivity contribution < 1.29 is 9.13 Å². The summed E-state index contributed by atoms with van der Waals surface area (Å²) in [5.41, 5.74) is 9.77. The highest BCUT2D eigenvalue weighted by Crippen LogP contribution is 2.40. The maximum atomic E-state index is 14.3. The highest BCUT2D eigenvalue weighted by atomic mass is 35.5. The summed E-state index contributed by atoms with van der Waals surface area (Å²) in [6.45, 7) is 3.97. The lowest BCUT2D eigenvalue weighted by atomic mass is 9.96. The molecule has 6 nitrogen and oxygen atoms in total. The fourth-order valence-electron chi connectivity index (χ4n) is 3.47. The summed E-state index contributed by atoms with van der Waals surface area (Å²) >= 11 is 8.08. The molecule has 0 bridgehead atoms. The van der Waals surface area contributed by atoms with Crippen molar-refractivity contribution in [3.05, 3.63) is 58.1 Å². The molecule has 9 heteroatoms. The largest absolute Gasteiger partial charge is 0.494 e. The second kappa shape index (κ2) is 8.34. The number of hydrogen-bond acceptors (Lipinski definition) is 6.